The van der Waals surface area contributed by atoms with Crippen LogP contribution >= 0.6 is 11.8 Å². The van der Waals surface area contributed by atoms with E-state index in [1.54, 1.807) is 18.2 Å². The van der Waals surface area contributed by atoms with Crippen molar-refractivity contribution >= 4 is 18.0 Å². The third-order valence-electron chi connectivity index (χ3n) is 1.85. The number of aliphatic hydroxyl groups is 1. The lowest BCUT2D eigenvalue weighted by Gasteiger charge is -2.08. The molecule has 0 spiro atoms. The summed E-state index contributed by atoms with van der Waals surface area (Å²) in [7, 11) is 0. The monoisotopic (exact) mass is 221 g/mol. The van der Waals surface area contributed by atoms with Gasteiger partial charge in [0.05, 0.1) is 12.2 Å². The van der Waals surface area contributed by atoms with Crippen molar-refractivity contribution in [1.82, 2.24) is 0 Å². The van der Waals surface area contributed by atoms with Gasteiger partial charge >= 0.3 is 0 Å². The zero-order valence-electron chi connectivity index (χ0n) is 8.30. The number of hydrogen-bond donors (Lipinski definition) is 1. The first-order valence-corrected chi connectivity index (χ1v) is 5.36. The van der Waals surface area contributed by atoms with Crippen LogP contribution in [-0.4, -0.2) is 23.2 Å². The molecule has 1 N–H and O–H groups in total. The summed E-state index contributed by atoms with van der Waals surface area (Å²) in [6.45, 7) is 1.93. The Balaban J connectivity index is 2.98. The van der Waals surface area contributed by atoms with Crippen molar-refractivity contribution in [2.75, 3.05) is 6.61 Å². The highest BCUT2D eigenvalue weighted by atomic mass is 32.2. The van der Waals surface area contributed by atoms with Crippen LogP contribution in [0.4, 0.5) is 0 Å². The number of aliphatic hydroxyl groups excluding tert-OH is 1. The molecule has 0 bridgehead atoms. The minimum atomic E-state index is 0.0409. The highest BCUT2D eigenvalue weighted by molar-refractivity contribution is 8.00. The number of thioether (sulfide) groups is 1. The van der Waals surface area contributed by atoms with Gasteiger partial charge in [-0.1, -0.05) is 13.0 Å². The molecule has 0 radical (unpaired) electrons. The van der Waals surface area contributed by atoms with Gasteiger partial charge in [-0.15, -0.1) is 11.8 Å². The van der Waals surface area contributed by atoms with Crippen LogP contribution in [0.3, 0.4) is 0 Å². The van der Waals surface area contributed by atoms with Gasteiger partial charge in [0.2, 0.25) is 0 Å². The van der Waals surface area contributed by atoms with Gasteiger partial charge in [-0.25, -0.2) is 0 Å². The second-order valence-corrected chi connectivity index (χ2v) is 4.58. The van der Waals surface area contributed by atoms with Gasteiger partial charge < -0.3 is 5.11 Å². The Labute approximate surface area is 92.7 Å². The Morgan fingerprint density at radius 2 is 2.40 bits per heavy atom. The molecule has 1 aromatic carbocycles. The minimum absolute atomic E-state index is 0.0409. The fourth-order valence-corrected chi connectivity index (χ4v) is 1.95. The number of benzene rings is 1. The van der Waals surface area contributed by atoms with Crippen molar-refractivity contribution < 1.29 is 9.90 Å². The number of hydrogen-bond acceptors (Lipinski definition) is 4. The summed E-state index contributed by atoms with van der Waals surface area (Å²) in [5.41, 5.74) is 0.970. The van der Waals surface area contributed by atoms with Crippen molar-refractivity contribution in [2.24, 2.45) is 0 Å². The standard InChI is InChI=1S/C11H11NO2S/c1-8(6-13)15-11-3-2-9(7-14)4-10(11)5-12/h2-4,7-8,13H,6H2,1H3. The average Bonchev–Trinajstić information content (AvgIpc) is 2.29. The predicted molar refractivity (Wildman–Crippen MR) is 58.9 cm³/mol. The third-order valence-corrected chi connectivity index (χ3v) is 3.01. The Hall–Kier alpha value is -1.31. The van der Waals surface area contributed by atoms with Crippen LogP contribution in [0.2, 0.25) is 0 Å². The number of nitrogens with zero attached hydrogens (tertiary/aromatic N) is 1. The molecule has 4 heteroatoms. The second kappa shape index (κ2) is 5.54. The van der Waals surface area contributed by atoms with E-state index in [1.807, 2.05) is 13.0 Å². The van der Waals surface area contributed by atoms with Gasteiger partial charge in [0.15, 0.2) is 0 Å². The Kier molecular flexibility index (Phi) is 4.35. The van der Waals surface area contributed by atoms with E-state index in [2.05, 4.69) is 0 Å². The first-order chi connectivity index (χ1) is 7.21. The minimum Gasteiger partial charge on any atom is -0.395 e. The lowest BCUT2D eigenvalue weighted by atomic mass is 10.1. The number of rotatable bonds is 4. The van der Waals surface area contributed by atoms with Crippen molar-refractivity contribution in [1.29, 1.82) is 5.26 Å². The molecule has 0 aromatic heterocycles. The topological polar surface area (TPSA) is 61.1 Å². The van der Waals surface area contributed by atoms with Crippen molar-refractivity contribution in [3.63, 3.8) is 0 Å². The smallest absolute Gasteiger partial charge is 0.150 e. The second-order valence-electron chi connectivity index (χ2n) is 3.10. The number of aldehydes is 1. The largest absolute Gasteiger partial charge is 0.395 e. The third kappa shape index (κ3) is 3.08. The molecule has 0 amide bonds. The van der Waals surface area contributed by atoms with Crippen LogP contribution in [0.15, 0.2) is 23.1 Å². The van der Waals surface area contributed by atoms with Crippen LogP contribution in [0.5, 0.6) is 0 Å². The molecule has 1 atom stereocenters. The number of carbonyl (C=O) groups excluding carboxylic acids is 1. The summed E-state index contributed by atoms with van der Waals surface area (Å²) in [5.74, 6) is 0. The van der Waals surface area contributed by atoms with Gasteiger partial charge in [0.25, 0.3) is 0 Å². The zero-order valence-corrected chi connectivity index (χ0v) is 9.12. The molecule has 1 unspecified atom stereocenters. The summed E-state index contributed by atoms with van der Waals surface area (Å²) in [6, 6.07) is 7.00. The van der Waals surface area contributed by atoms with Gasteiger partial charge in [-0.2, -0.15) is 5.26 Å². The molecule has 1 rings (SSSR count). The molecule has 0 aliphatic heterocycles. The van der Waals surface area contributed by atoms with Crippen LogP contribution in [0.25, 0.3) is 0 Å². The molecule has 1 aromatic rings. The highest BCUT2D eigenvalue weighted by Gasteiger charge is 2.08. The van der Waals surface area contributed by atoms with E-state index in [4.69, 9.17) is 10.4 Å². The van der Waals surface area contributed by atoms with Gasteiger partial charge in [0, 0.05) is 15.7 Å². The van der Waals surface area contributed by atoms with Gasteiger partial charge in [0.1, 0.15) is 12.4 Å². The van der Waals surface area contributed by atoms with Crippen LogP contribution in [-0.2, 0) is 0 Å². The van der Waals surface area contributed by atoms with E-state index in [0.717, 1.165) is 4.90 Å². The van der Waals surface area contributed by atoms with E-state index in [1.165, 1.54) is 11.8 Å². The van der Waals surface area contributed by atoms with Crippen molar-refractivity contribution in [3.8, 4) is 6.07 Å². The summed E-state index contributed by atoms with van der Waals surface area (Å²) in [4.78, 5) is 11.3. The first-order valence-electron chi connectivity index (χ1n) is 4.48. The molecule has 15 heavy (non-hydrogen) atoms. The molecule has 3 nitrogen and oxygen atoms in total. The number of carbonyl (C=O) groups is 1. The molecule has 0 aliphatic carbocycles. The molecule has 0 saturated carbocycles. The molecule has 0 aliphatic rings. The maximum Gasteiger partial charge on any atom is 0.150 e. The maximum atomic E-state index is 10.5. The predicted octanol–water partition coefficient (Wildman–Crippen LogP) is 1.84. The SMILES string of the molecule is CC(CO)Sc1ccc(C=O)cc1C#N. The lowest BCUT2D eigenvalue weighted by molar-refractivity contribution is 0.112. The van der Waals surface area contributed by atoms with Crippen LogP contribution < -0.4 is 0 Å². The number of nitriles is 1. The maximum absolute atomic E-state index is 10.5. The Bertz CT molecular complexity index is 398. The van der Waals surface area contributed by atoms with E-state index < -0.39 is 0 Å². The summed E-state index contributed by atoms with van der Waals surface area (Å²) in [6.07, 6.45) is 0.713. The quantitative estimate of drug-likeness (QED) is 0.622. The fraction of sp³-hybridized carbons (Fsp3) is 0.273. The highest BCUT2D eigenvalue weighted by Crippen LogP contribution is 2.26. The Morgan fingerprint density at radius 1 is 1.67 bits per heavy atom. The Morgan fingerprint density at radius 3 is 2.93 bits per heavy atom. The van der Waals surface area contributed by atoms with Gasteiger partial charge in [-0.3, -0.25) is 4.79 Å². The summed E-state index contributed by atoms with van der Waals surface area (Å²) < 4.78 is 0. The van der Waals surface area contributed by atoms with E-state index in [-0.39, 0.29) is 11.9 Å². The van der Waals surface area contributed by atoms with Crippen molar-refractivity contribution in [3.05, 3.63) is 29.3 Å². The zero-order chi connectivity index (χ0) is 11.3. The molecular weight excluding hydrogens is 210 g/mol. The summed E-state index contributed by atoms with van der Waals surface area (Å²) in [5, 5.41) is 17.8. The van der Waals surface area contributed by atoms with Gasteiger partial charge in [-0.05, 0) is 12.1 Å². The van der Waals surface area contributed by atoms with Crippen LogP contribution in [0.1, 0.15) is 22.8 Å². The molecule has 0 fully saturated rings. The molecule has 0 saturated heterocycles. The molecule has 78 valence electrons. The van der Waals surface area contributed by atoms with E-state index >= 15 is 0 Å². The molecular formula is C11H11NO2S. The average molecular weight is 221 g/mol. The van der Waals surface area contributed by atoms with Crippen LogP contribution in [0, 0.1) is 11.3 Å². The van der Waals surface area contributed by atoms with E-state index in [9.17, 15) is 4.79 Å². The normalized spacial score (nSPS) is 11.8. The van der Waals surface area contributed by atoms with E-state index in [0.29, 0.717) is 17.4 Å². The molecule has 0 heterocycles. The summed E-state index contributed by atoms with van der Waals surface area (Å²) >= 11 is 1.43. The first kappa shape index (κ1) is 11.8. The van der Waals surface area contributed by atoms with Crippen molar-refractivity contribution in [2.45, 2.75) is 17.1 Å². The lowest BCUT2D eigenvalue weighted by Crippen LogP contribution is -2.02. The fourth-order valence-electron chi connectivity index (χ4n) is 1.07.